The van der Waals surface area contributed by atoms with Crippen LogP contribution in [0.25, 0.3) is 10.2 Å². The van der Waals surface area contributed by atoms with Crippen molar-refractivity contribution in [2.45, 2.75) is 76.4 Å². The summed E-state index contributed by atoms with van der Waals surface area (Å²) in [7, 11) is 0. The first kappa shape index (κ1) is 23.9. The molecule has 2 saturated heterocycles. The number of imide groups is 1. The Morgan fingerprint density at radius 2 is 1.84 bits per heavy atom. The molecule has 1 atom stereocenters. The summed E-state index contributed by atoms with van der Waals surface area (Å²) in [5, 5.41) is 3.73. The molecule has 1 aliphatic carbocycles. The molecule has 0 bridgehead atoms. The number of hydrogen-bond acceptors (Lipinski definition) is 7. The Morgan fingerprint density at radius 3 is 2.68 bits per heavy atom. The van der Waals surface area contributed by atoms with Gasteiger partial charge in [0.1, 0.15) is 17.2 Å². The van der Waals surface area contributed by atoms with Crippen LogP contribution in [0.1, 0.15) is 82.1 Å². The molecular formula is C29H31N5O3S. The van der Waals surface area contributed by atoms with Crippen LogP contribution in [-0.2, 0) is 35.5 Å². The lowest BCUT2D eigenvalue weighted by atomic mass is 9.88. The van der Waals surface area contributed by atoms with E-state index in [1.165, 1.54) is 51.2 Å². The number of nitrogens with zero attached hydrogens (tertiary/aromatic N) is 4. The molecule has 0 radical (unpaired) electrons. The summed E-state index contributed by atoms with van der Waals surface area (Å²) in [6.07, 6.45) is 9.49. The highest BCUT2D eigenvalue weighted by molar-refractivity contribution is 7.18. The first-order valence-corrected chi connectivity index (χ1v) is 14.6. The van der Waals surface area contributed by atoms with Gasteiger partial charge in [0.05, 0.1) is 5.69 Å². The minimum atomic E-state index is -0.572. The molecule has 3 aromatic rings. The van der Waals surface area contributed by atoms with E-state index in [1.54, 1.807) is 11.2 Å². The van der Waals surface area contributed by atoms with Gasteiger partial charge < -0.3 is 4.90 Å². The summed E-state index contributed by atoms with van der Waals surface area (Å²) in [4.78, 5) is 53.1. The summed E-state index contributed by atoms with van der Waals surface area (Å²) >= 11 is 1.87. The molecule has 0 saturated carbocycles. The number of hydrogen-bond donors (Lipinski definition) is 1. The van der Waals surface area contributed by atoms with Crippen molar-refractivity contribution >= 4 is 39.3 Å². The summed E-state index contributed by atoms with van der Waals surface area (Å²) < 4.78 is 0. The molecule has 9 heteroatoms. The number of benzene rings is 1. The first-order chi connectivity index (χ1) is 18.5. The fourth-order valence-corrected chi connectivity index (χ4v) is 8.01. The van der Waals surface area contributed by atoms with Gasteiger partial charge in [-0.1, -0.05) is 12.1 Å². The molecule has 38 heavy (non-hydrogen) atoms. The zero-order chi connectivity index (χ0) is 25.8. The number of carbonyl (C=O) groups excluding carboxylic acids is 3. The zero-order valence-electron chi connectivity index (χ0n) is 21.4. The van der Waals surface area contributed by atoms with Crippen LogP contribution in [0.4, 0.5) is 0 Å². The molecule has 2 aromatic heterocycles. The van der Waals surface area contributed by atoms with Crippen LogP contribution in [-0.4, -0.2) is 56.6 Å². The maximum Gasteiger partial charge on any atom is 0.255 e. The van der Waals surface area contributed by atoms with Gasteiger partial charge in [-0.3, -0.25) is 24.6 Å². The Balaban J connectivity index is 1.02. The number of aromatic nitrogens is 2. The molecule has 7 rings (SSSR count). The smallest absolute Gasteiger partial charge is 0.255 e. The van der Waals surface area contributed by atoms with Crippen LogP contribution in [0.3, 0.4) is 0 Å². The van der Waals surface area contributed by atoms with E-state index in [4.69, 9.17) is 4.98 Å². The summed E-state index contributed by atoms with van der Waals surface area (Å²) in [6.45, 7) is 3.30. The quantitative estimate of drug-likeness (QED) is 0.518. The molecule has 2 fully saturated rings. The summed E-state index contributed by atoms with van der Waals surface area (Å²) in [5.41, 5.74) is 5.62. The van der Waals surface area contributed by atoms with Gasteiger partial charge in [-0.05, 0) is 80.8 Å². The number of nitrogens with one attached hydrogen (secondary N) is 1. The van der Waals surface area contributed by atoms with Crippen LogP contribution < -0.4 is 5.32 Å². The van der Waals surface area contributed by atoms with Crippen LogP contribution >= 0.6 is 11.3 Å². The molecule has 1 N–H and O–H groups in total. The highest BCUT2D eigenvalue weighted by Gasteiger charge is 2.39. The van der Waals surface area contributed by atoms with Gasteiger partial charge >= 0.3 is 0 Å². The standard InChI is InChI=1S/C29H31N5O3S/c35-24-8-7-22(27(36)32-24)34-15-19-13-17(5-6-20(19)29(34)37)14-33-11-9-18(10-12-33)26-25-21-3-1-2-4-23(21)38-28(25)31-16-30-26/h5-6,13,16,18,22H,1-4,7-12,14-15H2,(H,32,35,36). The van der Waals surface area contributed by atoms with Crippen LogP contribution in [0.2, 0.25) is 0 Å². The fourth-order valence-electron chi connectivity index (χ4n) is 6.77. The van der Waals surface area contributed by atoms with E-state index in [0.29, 0.717) is 24.4 Å². The van der Waals surface area contributed by atoms with Gasteiger partial charge in [-0.25, -0.2) is 9.97 Å². The number of amides is 3. The second-order valence-corrected chi connectivity index (χ2v) is 12.2. The zero-order valence-corrected chi connectivity index (χ0v) is 22.2. The fraction of sp³-hybridized carbons (Fsp3) is 0.483. The summed E-state index contributed by atoms with van der Waals surface area (Å²) in [6, 6.07) is 5.50. The highest BCUT2D eigenvalue weighted by Crippen LogP contribution is 2.40. The van der Waals surface area contributed by atoms with Crippen LogP contribution in [0.5, 0.6) is 0 Å². The van der Waals surface area contributed by atoms with Crippen LogP contribution in [0, 0.1) is 0 Å². The molecule has 196 valence electrons. The number of rotatable bonds is 4. The Labute approximate surface area is 225 Å². The van der Waals surface area contributed by atoms with Crippen molar-refractivity contribution in [1.29, 1.82) is 0 Å². The number of fused-ring (bicyclic) bond motifs is 4. The second kappa shape index (κ2) is 9.54. The number of piperidine rings is 2. The first-order valence-electron chi connectivity index (χ1n) is 13.8. The molecule has 1 aromatic carbocycles. The third-order valence-electron chi connectivity index (χ3n) is 8.75. The van der Waals surface area contributed by atoms with Gasteiger partial charge in [0.15, 0.2) is 0 Å². The maximum atomic E-state index is 13.0. The Morgan fingerprint density at radius 1 is 1.00 bits per heavy atom. The second-order valence-electron chi connectivity index (χ2n) is 11.1. The van der Waals surface area contributed by atoms with E-state index < -0.39 is 6.04 Å². The monoisotopic (exact) mass is 529 g/mol. The SMILES string of the molecule is O=C1CCC(N2Cc3cc(CN4CCC(c5ncnc6sc7c(c56)CCCC7)CC4)ccc3C2=O)C(=O)N1. The van der Waals surface area contributed by atoms with E-state index in [9.17, 15) is 14.4 Å². The Hall–Kier alpha value is -3.17. The lowest BCUT2D eigenvalue weighted by molar-refractivity contribution is -0.136. The topological polar surface area (TPSA) is 95.5 Å². The van der Waals surface area contributed by atoms with Gasteiger partial charge in [0.2, 0.25) is 11.8 Å². The molecule has 5 heterocycles. The number of aryl methyl sites for hydroxylation is 2. The molecule has 0 spiro atoms. The van der Waals surface area contributed by atoms with Crippen molar-refractivity contribution < 1.29 is 14.4 Å². The maximum absolute atomic E-state index is 13.0. The van der Waals surface area contributed by atoms with E-state index >= 15 is 0 Å². The van der Waals surface area contributed by atoms with E-state index in [1.807, 2.05) is 23.5 Å². The molecule has 4 aliphatic rings. The van der Waals surface area contributed by atoms with Crippen molar-refractivity contribution in [3.05, 3.63) is 57.4 Å². The van der Waals surface area contributed by atoms with Gasteiger partial charge in [0, 0.05) is 41.3 Å². The minimum Gasteiger partial charge on any atom is -0.322 e. The third kappa shape index (κ3) is 4.12. The Bertz CT molecular complexity index is 1460. The van der Waals surface area contributed by atoms with E-state index in [0.717, 1.165) is 44.5 Å². The molecular weight excluding hydrogens is 498 g/mol. The Kier molecular flexibility index (Phi) is 6.00. The largest absolute Gasteiger partial charge is 0.322 e. The minimum absolute atomic E-state index is 0.117. The molecule has 3 aliphatic heterocycles. The van der Waals surface area contributed by atoms with Gasteiger partial charge in [-0.2, -0.15) is 0 Å². The predicted molar refractivity (Wildman–Crippen MR) is 144 cm³/mol. The van der Waals surface area contributed by atoms with Crippen molar-refractivity contribution in [1.82, 2.24) is 25.1 Å². The lowest BCUT2D eigenvalue weighted by Gasteiger charge is -2.32. The molecule has 8 nitrogen and oxygen atoms in total. The van der Waals surface area contributed by atoms with E-state index in [2.05, 4.69) is 21.3 Å². The van der Waals surface area contributed by atoms with Crippen LogP contribution in [0.15, 0.2) is 24.5 Å². The van der Waals surface area contributed by atoms with Crippen molar-refractivity contribution in [3.8, 4) is 0 Å². The van der Waals surface area contributed by atoms with E-state index in [-0.39, 0.29) is 24.1 Å². The lowest BCUT2D eigenvalue weighted by Crippen LogP contribution is -2.52. The molecule has 3 amide bonds. The number of carbonyl (C=O) groups is 3. The normalized spacial score (nSPS) is 22.6. The highest BCUT2D eigenvalue weighted by atomic mass is 32.1. The number of likely N-dealkylation sites (tertiary alicyclic amines) is 1. The van der Waals surface area contributed by atoms with Crippen molar-refractivity contribution in [2.75, 3.05) is 13.1 Å². The molecule has 1 unspecified atom stereocenters. The summed E-state index contributed by atoms with van der Waals surface area (Å²) in [5.74, 6) is -0.277. The predicted octanol–water partition coefficient (Wildman–Crippen LogP) is 3.71. The average Bonchev–Trinajstić information content (AvgIpc) is 3.46. The van der Waals surface area contributed by atoms with Gasteiger partial charge in [0.25, 0.3) is 5.91 Å². The number of thiophene rings is 1. The van der Waals surface area contributed by atoms with Gasteiger partial charge in [-0.15, -0.1) is 11.3 Å². The van der Waals surface area contributed by atoms with Crippen molar-refractivity contribution in [2.24, 2.45) is 0 Å². The average molecular weight is 530 g/mol. The van der Waals surface area contributed by atoms with Crippen molar-refractivity contribution in [3.63, 3.8) is 0 Å². The third-order valence-corrected chi connectivity index (χ3v) is 9.95.